The van der Waals surface area contributed by atoms with Crippen LogP contribution in [0, 0.1) is 16.7 Å². The van der Waals surface area contributed by atoms with Crippen molar-refractivity contribution in [2.45, 2.75) is 40.0 Å². The number of nitrogens with one attached hydrogen (secondary N) is 1. The van der Waals surface area contributed by atoms with Gasteiger partial charge in [0.1, 0.15) is 0 Å². The molecule has 2 atom stereocenters. The van der Waals surface area contributed by atoms with Crippen LogP contribution in [0.15, 0.2) is 18.2 Å². The van der Waals surface area contributed by atoms with Crippen LogP contribution in [-0.4, -0.2) is 29.2 Å². The molecule has 1 aromatic carbocycles. The zero-order chi connectivity index (χ0) is 19.3. The summed E-state index contributed by atoms with van der Waals surface area (Å²) in [6, 6.07) is 4.80. The lowest BCUT2D eigenvalue weighted by Crippen LogP contribution is -2.59. The van der Waals surface area contributed by atoms with Gasteiger partial charge in [0.05, 0.1) is 15.5 Å². The average molecular weight is 397 g/mol. The van der Waals surface area contributed by atoms with E-state index in [1.165, 1.54) is 4.90 Å². The molecular formula is C19H22Cl2N2O3. The first-order valence-electron chi connectivity index (χ1n) is 8.68. The van der Waals surface area contributed by atoms with E-state index in [1.54, 1.807) is 18.2 Å². The molecule has 5 nitrogen and oxygen atoms in total. The first kappa shape index (κ1) is 19.2. The minimum Gasteiger partial charge on any atom is -0.326 e. The SMILES string of the molecule is CC12CCC(C(=O)N(CCC(=O)Nc3ccc(Cl)c(Cl)c3)C1=O)C2(C)C. The van der Waals surface area contributed by atoms with Crippen molar-refractivity contribution in [3.63, 3.8) is 0 Å². The Morgan fingerprint density at radius 1 is 1.23 bits per heavy atom. The van der Waals surface area contributed by atoms with Crippen molar-refractivity contribution < 1.29 is 14.4 Å². The quantitative estimate of drug-likeness (QED) is 0.777. The van der Waals surface area contributed by atoms with Crippen LogP contribution in [0.4, 0.5) is 5.69 Å². The Hall–Kier alpha value is -1.59. The molecule has 7 heteroatoms. The Morgan fingerprint density at radius 3 is 2.58 bits per heavy atom. The molecule has 1 N–H and O–H groups in total. The fourth-order valence-corrected chi connectivity index (χ4v) is 4.42. The molecule has 1 aliphatic carbocycles. The van der Waals surface area contributed by atoms with Gasteiger partial charge in [-0.3, -0.25) is 19.3 Å². The van der Waals surface area contributed by atoms with Crippen molar-refractivity contribution in [3.8, 4) is 0 Å². The minimum absolute atomic E-state index is 0.0426. The van der Waals surface area contributed by atoms with Crippen LogP contribution >= 0.6 is 23.2 Å². The summed E-state index contributed by atoms with van der Waals surface area (Å²) in [6.07, 6.45) is 1.47. The largest absolute Gasteiger partial charge is 0.326 e. The highest BCUT2D eigenvalue weighted by atomic mass is 35.5. The van der Waals surface area contributed by atoms with E-state index in [2.05, 4.69) is 5.32 Å². The van der Waals surface area contributed by atoms with Crippen LogP contribution in [0.1, 0.15) is 40.0 Å². The standard InChI is InChI=1S/C19H22Cl2N2O3/c1-18(2)12-6-8-19(18,3)17(26)23(16(12)25)9-7-15(24)22-11-4-5-13(20)14(21)10-11/h4-5,10,12H,6-9H2,1-3H3,(H,22,24). The highest BCUT2D eigenvalue weighted by Gasteiger charge is 2.64. The number of nitrogens with zero attached hydrogens (tertiary/aromatic N) is 1. The van der Waals surface area contributed by atoms with E-state index in [1.807, 2.05) is 20.8 Å². The monoisotopic (exact) mass is 396 g/mol. The Kier molecular flexibility index (Phi) is 4.82. The molecule has 3 rings (SSSR count). The number of halogens is 2. The number of benzene rings is 1. The highest BCUT2D eigenvalue weighted by Crippen LogP contribution is 2.60. The van der Waals surface area contributed by atoms with Crippen LogP contribution in [0.5, 0.6) is 0 Å². The third-order valence-corrected chi connectivity index (χ3v) is 7.01. The molecule has 2 bridgehead atoms. The van der Waals surface area contributed by atoms with Gasteiger partial charge in [-0.25, -0.2) is 0 Å². The van der Waals surface area contributed by atoms with Gasteiger partial charge in [-0.05, 0) is 36.5 Å². The molecule has 0 aromatic heterocycles. The summed E-state index contributed by atoms with van der Waals surface area (Å²) in [5.74, 6) is -0.768. The molecule has 1 aromatic rings. The van der Waals surface area contributed by atoms with E-state index in [9.17, 15) is 14.4 Å². The van der Waals surface area contributed by atoms with Crippen LogP contribution in [0.2, 0.25) is 10.0 Å². The molecule has 1 aliphatic heterocycles. The highest BCUT2D eigenvalue weighted by molar-refractivity contribution is 6.42. The Balaban J connectivity index is 1.66. The Labute approximate surface area is 163 Å². The number of imide groups is 1. The second-order valence-electron chi connectivity index (χ2n) is 7.87. The normalized spacial score (nSPS) is 27.0. The summed E-state index contributed by atoms with van der Waals surface area (Å²) >= 11 is 11.8. The third kappa shape index (κ3) is 2.91. The van der Waals surface area contributed by atoms with Crippen molar-refractivity contribution >= 4 is 46.6 Å². The molecule has 1 saturated carbocycles. The van der Waals surface area contributed by atoms with E-state index < -0.39 is 5.41 Å². The van der Waals surface area contributed by atoms with E-state index in [0.717, 1.165) is 6.42 Å². The van der Waals surface area contributed by atoms with Gasteiger partial charge in [-0.15, -0.1) is 0 Å². The topological polar surface area (TPSA) is 66.5 Å². The van der Waals surface area contributed by atoms with Gasteiger partial charge in [0.2, 0.25) is 17.7 Å². The van der Waals surface area contributed by atoms with Crippen molar-refractivity contribution in [3.05, 3.63) is 28.2 Å². The first-order valence-corrected chi connectivity index (χ1v) is 9.44. The number of likely N-dealkylation sites (tertiary alicyclic amines) is 1. The second kappa shape index (κ2) is 6.54. The zero-order valence-electron chi connectivity index (χ0n) is 15.1. The fraction of sp³-hybridized carbons (Fsp3) is 0.526. The average Bonchev–Trinajstić information content (AvgIpc) is 2.75. The summed E-state index contributed by atoms with van der Waals surface area (Å²) < 4.78 is 0. The molecule has 0 spiro atoms. The molecule has 2 unspecified atom stereocenters. The molecule has 1 heterocycles. The molecule has 3 amide bonds. The van der Waals surface area contributed by atoms with Gasteiger partial charge in [-0.2, -0.15) is 0 Å². The number of carbonyl (C=O) groups excluding carboxylic acids is 3. The van der Waals surface area contributed by atoms with Crippen molar-refractivity contribution in [2.75, 3.05) is 11.9 Å². The molecule has 140 valence electrons. The van der Waals surface area contributed by atoms with Gasteiger partial charge in [0.15, 0.2) is 0 Å². The number of hydrogen-bond acceptors (Lipinski definition) is 3. The third-order valence-electron chi connectivity index (χ3n) is 6.27. The maximum Gasteiger partial charge on any atom is 0.235 e. The van der Waals surface area contributed by atoms with E-state index in [0.29, 0.717) is 22.2 Å². The van der Waals surface area contributed by atoms with Gasteiger partial charge in [0.25, 0.3) is 0 Å². The van der Waals surface area contributed by atoms with Crippen LogP contribution in [0.25, 0.3) is 0 Å². The predicted octanol–water partition coefficient (Wildman–Crippen LogP) is 4.13. The van der Waals surface area contributed by atoms with Gasteiger partial charge >= 0.3 is 0 Å². The maximum absolute atomic E-state index is 12.9. The first-order chi connectivity index (χ1) is 12.1. The summed E-state index contributed by atoms with van der Waals surface area (Å²) in [4.78, 5) is 39.2. The summed E-state index contributed by atoms with van der Waals surface area (Å²) in [7, 11) is 0. The molecule has 1 saturated heterocycles. The molecule has 2 fully saturated rings. The zero-order valence-corrected chi connectivity index (χ0v) is 16.6. The number of hydrogen-bond donors (Lipinski definition) is 1. The minimum atomic E-state index is -0.550. The lowest BCUT2D eigenvalue weighted by molar-refractivity contribution is -0.167. The smallest absolute Gasteiger partial charge is 0.235 e. The summed E-state index contributed by atoms with van der Waals surface area (Å²) in [6.45, 7) is 6.02. The number of anilines is 1. The van der Waals surface area contributed by atoms with Crippen LogP contribution in [0.3, 0.4) is 0 Å². The number of amides is 3. The summed E-state index contributed by atoms with van der Waals surface area (Å²) in [5, 5.41) is 3.46. The van der Waals surface area contributed by atoms with Gasteiger partial charge < -0.3 is 5.32 Å². The summed E-state index contributed by atoms with van der Waals surface area (Å²) in [5.41, 5.74) is -0.375. The predicted molar refractivity (Wildman–Crippen MR) is 101 cm³/mol. The molecule has 0 radical (unpaired) electrons. The number of piperidine rings is 1. The number of rotatable bonds is 4. The Bertz CT molecular complexity index is 793. The molecule has 26 heavy (non-hydrogen) atoms. The number of carbonyl (C=O) groups is 3. The van der Waals surface area contributed by atoms with Crippen molar-refractivity contribution in [1.82, 2.24) is 4.90 Å². The molecule has 2 aliphatic rings. The van der Waals surface area contributed by atoms with Crippen molar-refractivity contribution in [2.24, 2.45) is 16.7 Å². The lowest BCUT2D eigenvalue weighted by atomic mass is 9.62. The lowest BCUT2D eigenvalue weighted by Gasteiger charge is -2.47. The van der Waals surface area contributed by atoms with E-state index in [-0.39, 0.29) is 42.0 Å². The molecular weight excluding hydrogens is 375 g/mol. The van der Waals surface area contributed by atoms with Gasteiger partial charge in [-0.1, -0.05) is 44.0 Å². The maximum atomic E-state index is 12.9. The van der Waals surface area contributed by atoms with Crippen LogP contribution < -0.4 is 5.32 Å². The van der Waals surface area contributed by atoms with Crippen molar-refractivity contribution in [1.29, 1.82) is 0 Å². The van der Waals surface area contributed by atoms with Crippen LogP contribution in [-0.2, 0) is 14.4 Å². The van der Waals surface area contributed by atoms with E-state index >= 15 is 0 Å². The van der Waals surface area contributed by atoms with Gasteiger partial charge in [0, 0.05) is 24.6 Å². The second-order valence-corrected chi connectivity index (χ2v) is 8.68. The van der Waals surface area contributed by atoms with E-state index in [4.69, 9.17) is 23.2 Å². The fourth-order valence-electron chi connectivity index (χ4n) is 4.12. The number of fused-ring (bicyclic) bond motifs is 2. The Morgan fingerprint density at radius 2 is 1.92 bits per heavy atom.